The van der Waals surface area contributed by atoms with Crippen LogP contribution in [0.15, 0.2) is 48.7 Å². The van der Waals surface area contributed by atoms with E-state index in [-0.39, 0.29) is 6.10 Å². The zero-order valence-corrected chi connectivity index (χ0v) is 8.93. The molecule has 0 N–H and O–H groups in total. The second-order valence-electron chi connectivity index (χ2n) is 3.49. The fraction of sp³-hybridized carbons (Fsp3) is 0.154. The number of pyridine rings is 1. The van der Waals surface area contributed by atoms with E-state index >= 15 is 0 Å². The highest BCUT2D eigenvalue weighted by Crippen LogP contribution is 2.20. The zero-order valence-electron chi connectivity index (χ0n) is 8.93. The summed E-state index contributed by atoms with van der Waals surface area (Å²) in [4.78, 5) is 3.47. The molecule has 0 amide bonds. The van der Waals surface area contributed by atoms with Gasteiger partial charge < -0.3 is 4.74 Å². The topological polar surface area (TPSA) is 22.1 Å². The second-order valence-corrected chi connectivity index (χ2v) is 3.49. The normalized spacial score (nSPS) is 12.1. The zero-order chi connectivity index (χ0) is 11.4. The van der Waals surface area contributed by atoms with Crippen molar-refractivity contribution in [1.29, 1.82) is 0 Å². The highest BCUT2D eigenvalue weighted by atomic mass is 19.1. The second kappa shape index (κ2) is 4.75. The van der Waals surface area contributed by atoms with E-state index in [2.05, 4.69) is 4.98 Å². The monoisotopic (exact) mass is 217 g/mol. The summed E-state index contributed by atoms with van der Waals surface area (Å²) in [7, 11) is 0. The summed E-state index contributed by atoms with van der Waals surface area (Å²) in [6, 6.07) is 12.7. The molecule has 0 spiro atoms. The van der Waals surface area contributed by atoms with Crippen molar-refractivity contribution in [3.05, 3.63) is 60.2 Å². The van der Waals surface area contributed by atoms with Crippen molar-refractivity contribution >= 4 is 0 Å². The molecule has 2 rings (SSSR count). The highest BCUT2D eigenvalue weighted by molar-refractivity contribution is 5.22. The van der Waals surface area contributed by atoms with Crippen LogP contribution in [0.4, 0.5) is 4.39 Å². The number of halogens is 1. The Morgan fingerprint density at radius 3 is 2.62 bits per heavy atom. The third-order valence-electron chi connectivity index (χ3n) is 2.28. The SMILES string of the molecule is CC(Oc1ccnc(F)c1)c1ccccc1. The molecule has 1 atom stereocenters. The molecule has 1 heterocycles. The molecular formula is C13H12FNO. The first-order chi connectivity index (χ1) is 7.75. The van der Waals surface area contributed by atoms with Crippen LogP contribution in [0.3, 0.4) is 0 Å². The van der Waals surface area contributed by atoms with Crippen LogP contribution in [-0.4, -0.2) is 4.98 Å². The van der Waals surface area contributed by atoms with Crippen molar-refractivity contribution < 1.29 is 9.13 Å². The fourth-order valence-corrected chi connectivity index (χ4v) is 1.45. The van der Waals surface area contributed by atoms with E-state index in [0.717, 1.165) is 5.56 Å². The summed E-state index contributed by atoms with van der Waals surface area (Å²) < 4.78 is 18.4. The number of rotatable bonds is 3. The smallest absolute Gasteiger partial charge is 0.216 e. The van der Waals surface area contributed by atoms with E-state index in [1.54, 1.807) is 6.07 Å². The van der Waals surface area contributed by atoms with Crippen LogP contribution in [0.25, 0.3) is 0 Å². The molecule has 0 radical (unpaired) electrons. The minimum atomic E-state index is -0.530. The van der Waals surface area contributed by atoms with Crippen LogP contribution in [-0.2, 0) is 0 Å². The molecule has 82 valence electrons. The van der Waals surface area contributed by atoms with Gasteiger partial charge in [-0.2, -0.15) is 4.39 Å². The number of hydrogen-bond donors (Lipinski definition) is 0. The quantitative estimate of drug-likeness (QED) is 0.735. The molecule has 0 fully saturated rings. The van der Waals surface area contributed by atoms with Crippen LogP contribution in [0.5, 0.6) is 5.75 Å². The van der Waals surface area contributed by atoms with Gasteiger partial charge in [-0.3, -0.25) is 0 Å². The Hall–Kier alpha value is -1.90. The van der Waals surface area contributed by atoms with Crippen molar-refractivity contribution in [1.82, 2.24) is 4.98 Å². The first-order valence-corrected chi connectivity index (χ1v) is 5.09. The van der Waals surface area contributed by atoms with Gasteiger partial charge in [0.15, 0.2) is 0 Å². The minimum Gasteiger partial charge on any atom is -0.486 e. The molecule has 3 heteroatoms. The maximum absolute atomic E-state index is 12.8. The molecule has 1 aromatic carbocycles. The third kappa shape index (κ3) is 2.57. The molecule has 0 saturated carbocycles. The number of hydrogen-bond acceptors (Lipinski definition) is 2. The molecule has 0 saturated heterocycles. The van der Waals surface area contributed by atoms with Gasteiger partial charge in [-0.05, 0) is 18.6 Å². The van der Waals surface area contributed by atoms with Gasteiger partial charge in [-0.15, -0.1) is 0 Å². The standard InChI is InChI=1S/C13H12FNO/c1-10(11-5-3-2-4-6-11)16-12-7-8-15-13(14)9-12/h2-10H,1H3. The van der Waals surface area contributed by atoms with Crippen molar-refractivity contribution in [3.8, 4) is 5.75 Å². The largest absolute Gasteiger partial charge is 0.486 e. The first kappa shape index (κ1) is 10.6. The maximum atomic E-state index is 12.8. The first-order valence-electron chi connectivity index (χ1n) is 5.09. The van der Waals surface area contributed by atoms with Crippen molar-refractivity contribution in [2.45, 2.75) is 13.0 Å². The average Bonchev–Trinajstić information content (AvgIpc) is 2.30. The summed E-state index contributed by atoms with van der Waals surface area (Å²) in [5.74, 6) is -0.0402. The van der Waals surface area contributed by atoms with Crippen molar-refractivity contribution in [3.63, 3.8) is 0 Å². The fourth-order valence-electron chi connectivity index (χ4n) is 1.45. The van der Waals surface area contributed by atoms with E-state index in [9.17, 15) is 4.39 Å². The molecule has 0 aliphatic heterocycles. The molecule has 2 aromatic rings. The summed E-state index contributed by atoms with van der Waals surface area (Å²) in [6.45, 7) is 1.92. The molecule has 0 aliphatic carbocycles. The Labute approximate surface area is 93.7 Å². The van der Waals surface area contributed by atoms with Crippen LogP contribution in [0, 0.1) is 5.95 Å². The van der Waals surface area contributed by atoms with Gasteiger partial charge in [-0.1, -0.05) is 30.3 Å². The summed E-state index contributed by atoms with van der Waals surface area (Å²) in [6.07, 6.45) is 1.28. The van der Waals surface area contributed by atoms with E-state index in [1.165, 1.54) is 12.3 Å². The molecule has 1 aromatic heterocycles. The molecule has 2 nitrogen and oxygen atoms in total. The summed E-state index contributed by atoms with van der Waals surface area (Å²) >= 11 is 0. The van der Waals surface area contributed by atoms with Gasteiger partial charge in [0, 0.05) is 12.3 Å². The molecule has 0 bridgehead atoms. The van der Waals surface area contributed by atoms with Gasteiger partial charge in [0.25, 0.3) is 0 Å². The minimum absolute atomic E-state index is 0.108. The predicted octanol–water partition coefficient (Wildman–Crippen LogP) is 3.36. The Kier molecular flexibility index (Phi) is 3.15. The van der Waals surface area contributed by atoms with Crippen LogP contribution >= 0.6 is 0 Å². The molecule has 16 heavy (non-hydrogen) atoms. The maximum Gasteiger partial charge on any atom is 0.216 e. The summed E-state index contributed by atoms with van der Waals surface area (Å²) in [5, 5.41) is 0. The number of ether oxygens (including phenoxy) is 1. The molecule has 0 aliphatic rings. The Balaban J connectivity index is 2.11. The van der Waals surface area contributed by atoms with Crippen molar-refractivity contribution in [2.75, 3.05) is 0 Å². The van der Waals surface area contributed by atoms with Crippen LogP contribution < -0.4 is 4.74 Å². The molecular weight excluding hydrogens is 205 g/mol. The van der Waals surface area contributed by atoms with Crippen molar-refractivity contribution in [2.24, 2.45) is 0 Å². The number of aromatic nitrogens is 1. The van der Waals surface area contributed by atoms with Gasteiger partial charge in [-0.25, -0.2) is 4.98 Å². The van der Waals surface area contributed by atoms with Gasteiger partial charge >= 0.3 is 0 Å². The van der Waals surface area contributed by atoms with E-state index in [1.807, 2.05) is 37.3 Å². The number of benzene rings is 1. The lowest BCUT2D eigenvalue weighted by Crippen LogP contribution is -2.03. The van der Waals surface area contributed by atoms with Gasteiger partial charge in [0.2, 0.25) is 5.95 Å². The Morgan fingerprint density at radius 2 is 1.94 bits per heavy atom. The predicted molar refractivity (Wildman–Crippen MR) is 59.7 cm³/mol. The highest BCUT2D eigenvalue weighted by Gasteiger charge is 2.06. The van der Waals surface area contributed by atoms with Crippen LogP contribution in [0.2, 0.25) is 0 Å². The lowest BCUT2D eigenvalue weighted by Gasteiger charge is -2.14. The van der Waals surface area contributed by atoms with Crippen LogP contribution in [0.1, 0.15) is 18.6 Å². The van der Waals surface area contributed by atoms with E-state index in [4.69, 9.17) is 4.74 Å². The van der Waals surface area contributed by atoms with E-state index < -0.39 is 5.95 Å². The Bertz CT molecular complexity index is 458. The molecule has 1 unspecified atom stereocenters. The lowest BCUT2D eigenvalue weighted by atomic mass is 10.1. The van der Waals surface area contributed by atoms with Gasteiger partial charge in [0.1, 0.15) is 11.9 Å². The van der Waals surface area contributed by atoms with Gasteiger partial charge in [0.05, 0.1) is 0 Å². The Morgan fingerprint density at radius 1 is 1.19 bits per heavy atom. The third-order valence-corrected chi connectivity index (χ3v) is 2.28. The number of nitrogens with zero attached hydrogens (tertiary/aromatic N) is 1. The summed E-state index contributed by atoms with van der Waals surface area (Å²) in [5.41, 5.74) is 1.06. The lowest BCUT2D eigenvalue weighted by molar-refractivity contribution is 0.225. The van der Waals surface area contributed by atoms with E-state index in [0.29, 0.717) is 5.75 Å². The average molecular weight is 217 g/mol.